The van der Waals surface area contributed by atoms with Crippen molar-refractivity contribution < 1.29 is 28.7 Å². The van der Waals surface area contributed by atoms with Crippen LogP contribution in [0.1, 0.15) is 24.0 Å². The van der Waals surface area contributed by atoms with E-state index in [1.54, 1.807) is 12.1 Å². The van der Waals surface area contributed by atoms with Crippen LogP contribution in [0.4, 0.5) is 0 Å². The first kappa shape index (κ1) is 13.2. The number of ether oxygens (including phenoxy) is 2. The Labute approximate surface area is 125 Å². The van der Waals surface area contributed by atoms with Crippen LogP contribution in [-0.4, -0.2) is 23.9 Å². The second kappa shape index (κ2) is 4.25. The standard InChI is InChI=1S/C16H12O6/c17-12-7-11(14(19)21-12)16-9-4-2-1-3-8(9)5-6-10(16)13(18)22-15(16)20/h1-4,10-11H,5-7H2. The van der Waals surface area contributed by atoms with E-state index in [0.29, 0.717) is 18.4 Å². The van der Waals surface area contributed by atoms with Crippen LogP contribution >= 0.6 is 0 Å². The number of aryl methyl sites for hydroxylation is 1. The van der Waals surface area contributed by atoms with Crippen molar-refractivity contribution in [3.8, 4) is 0 Å². The normalized spacial score (nSPS) is 33.3. The van der Waals surface area contributed by atoms with E-state index < -0.39 is 41.1 Å². The minimum Gasteiger partial charge on any atom is -0.393 e. The molecule has 2 saturated heterocycles. The van der Waals surface area contributed by atoms with Crippen molar-refractivity contribution in [2.45, 2.75) is 24.7 Å². The van der Waals surface area contributed by atoms with Gasteiger partial charge in [0.2, 0.25) is 0 Å². The summed E-state index contributed by atoms with van der Waals surface area (Å²) in [4.78, 5) is 48.3. The Morgan fingerprint density at radius 2 is 1.68 bits per heavy atom. The topological polar surface area (TPSA) is 86.7 Å². The number of hydrogen-bond acceptors (Lipinski definition) is 6. The van der Waals surface area contributed by atoms with Gasteiger partial charge in [-0.25, -0.2) is 0 Å². The summed E-state index contributed by atoms with van der Waals surface area (Å²) in [6.07, 6.45) is 0.840. The molecule has 2 heterocycles. The van der Waals surface area contributed by atoms with Gasteiger partial charge in [0.1, 0.15) is 5.41 Å². The molecular formula is C16H12O6. The van der Waals surface area contributed by atoms with Gasteiger partial charge in [0.15, 0.2) is 0 Å². The Hall–Kier alpha value is -2.50. The van der Waals surface area contributed by atoms with Gasteiger partial charge in [-0.1, -0.05) is 24.3 Å². The highest BCUT2D eigenvalue weighted by molar-refractivity contribution is 6.09. The Kier molecular flexibility index (Phi) is 2.55. The molecular weight excluding hydrogens is 288 g/mol. The lowest BCUT2D eigenvalue weighted by Crippen LogP contribution is -2.50. The van der Waals surface area contributed by atoms with Gasteiger partial charge >= 0.3 is 23.9 Å². The highest BCUT2D eigenvalue weighted by atomic mass is 16.6. The summed E-state index contributed by atoms with van der Waals surface area (Å²) >= 11 is 0. The first-order valence-corrected chi connectivity index (χ1v) is 7.14. The Balaban J connectivity index is 1.98. The van der Waals surface area contributed by atoms with Gasteiger partial charge in [-0.15, -0.1) is 0 Å². The third-order valence-corrected chi connectivity index (χ3v) is 4.95. The number of benzene rings is 1. The number of cyclic esters (lactones) is 4. The molecule has 0 aromatic heterocycles. The fourth-order valence-corrected chi connectivity index (χ4v) is 4.05. The predicted molar refractivity (Wildman–Crippen MR) is 70.2 cm³/mol. The molecule has 3 aliphatic rings. The van der Waals surface area contributed by atoms with Gasteiger partial charge < -0.3 is 9.47 Å². The molecule has 0 amide bonds. The molecule has 2 aliphatic heterocycles. The zero-order valence-corrected chi connectivity index (χ0v) is 11.5. The number of fused-ring (bicyclic) bond motifs is 3. The minimum atomic E-state index is -1.42. The van der Waals surface area contributed by atoms with Crippen molar-refractivity contribution in [1.82, 2.24) is 0 Å². The zero-order chi connectivity index (χ0) is 15.5. The highest BCUT2D eigenvalue weighted by Crippen LogP contribution is 2.54. The van der Waals surface area contributed by atoms with Crippen LogP contribution in [0.25, 0.3) is 0 Å². The summed E-state index contributed by atoms with van der Waals surface area (Å²) in [6, 6.07) is 7.19. The molecule has 0 spiro atoms. The molecule has 0 bridgehead atoms. The maximum Gasteiger partial charge on any atom is 0.326 e. The lowest BCUT2D eigenvalue weighted by atomic mass is 9.58. The van der Waals surface area contributed by atoms with Gasteiger partial charge in [0.25, 0.3) is 0 Å². The maximum atomic E-state index is 12.6. The van der Waals surface area contributed by atoms with Crippen LogP contribution in [0.5, 0.6) is 0 Å². The quantitative estimate of drug-likeness (QED) is 0.559. The molecule has 3 unspecified atom stereocenters. The van der Waals surface area contributed by atoms with E-state index in [0.717, 1.165) is 5.56 Å². The molecule has 1 aromatic rings. The van der Waals surface area contributed by atoms with E-state index in [4.69, 9.17) is 4.74 Å². The second-order valence-electron chi connectivity index (χ2n) is 5.88. The highest BCUT2D eigenvalue weighted by Gasteiger charge is 2.68. The van der Waals surface area contributed by atoms with Gasteiger partial charge in [-0.2, -0.15) is 0 Å². The number of carbonyl (C=O) groups excluding carboxylic acids is 4. The van der Waals surface area contributed by atoms with E-state index in [-0.39, 0.29) is 6.42 Å². The zero-order valence-electron chi connectivity index (χ0n) is 11.5. The van der Waals surface area contributed by atoms with Crippen LogP contribution in [0.3, 0.4) is 0 Å². The van der Waals surface area contributed by atoms with E-state index in [1.165, 1.54) is 0 Å². The fraction of sp³-hybridized carbons (Fsp3) is 0.375. The Morgan fingerprint density at radius 1 is 0.955 bits per heavy atom. The van der Waals surface area contributed by atoms with Crippen molar-refractivity contribution in [2.24, 2.45) is 11.8 Å². The summed E-state index contributed by atoms with van der Waals surface area (Å²) in [7, 11) is 0. The van der Waals surface area contributed by atoms with E-state index in [9.17, 15) is 19.2 Å². The SMILES string of the molecule is O=C1CC(C23C(=O)OC(=O)C2CCc2ccccc23)C(=O)O1. The number of esters is 4. The van der Waals surface area contributed by atoms with Crippen molar-refractivity contribution >= 4 is 23.9 Å². The molecule has 6 nitrogen and oxygen atoms in total. The average molecular weight is 300 g/mol. The van der Waals surface area contributed by atoms with E-state index >= 15 is 0 Å². The third kappa shape index (κ3) is 1.44. The smallest absolute Gasteiger partial charge is 0.326 e. The second-order valence-corrected chi connectivity index (χ2v) is 5.88. The molecule has 22 heavy (non-hydrogen) atoms. The summed E-state index contributed by atoms with van der Waals surface area (Å²) in [5, 5.41) is 0. The molecule has 0 saturated carbocycles. The van der Waals surface area contributed by atoms with Crippen LogP contribution in [0.2, 0.25) is 0 Å². The van der Waals surface area contributed by atoms with Crippen LogP contribution in [0, 0.1) is 11.8 Å². The lowest BCUT2D eigenvalue weighted by molar-refractivity contribution is -0.159. The average Bonchev–Trinajstić information content (AvgIpc) is 2.96. The molecule has 6 heteroatoms. The third-order valence-electron chi connectivity index (χ3n) is 4.95. The van der Waals surface area contributed by atoms with Crippen molar-refractivity contribution in [1.29, 1.82) is 0 Å². The predicted octanol–water partition coefficient (Wildman–Crippen LogP) is 0.660. The number of rotatable bonds is 1. The molecule has 0 N–H and O–H groups in total. The first-order valence-electron chi connectivity index (χ1n) is 7.14. The molecule has 4 rings (SSSR count). The van der Waals surface area contributed by atoms with Crippen molar-refractivity contribution in [2.75, 3.05) is 0 Å². The van der Waals surface area contributed by atoms with Gasteiger partial charge in [-0.3, -0.25) is 19.2 Å². The van der Waals surface area contributed by atoms with Crippen LogP contribution < -0.4 is 0 Å². The molecule has 1 aliphatic carbocycles. The largest absolute Gasteiger partial charge is 0.393 e. The van der Waals surface area contributed by atoms with E-state index in [1.807, 2.05) is 12.1 Å². The summed E-state index contributed by atoms with van der Waals surface area (Å²) in [5.41, 5.74) is 0.0890. The van der Waals surface area contributed by atoms with Crippen LogP contribution in [-0.2, 0) is 40.5 Å². The Morgan fingerprint density at radius 3 is 2.41 bits per heavy atom. The minimum absolute atomic E-state index is 0.202. The molecule has 2 fully saturated rings. The monoisotopic (exact) mass is 300 g/mol. The number of carbonyl (C=O) groups is 4. The molecule has 1 aromatic carbocycles. The Bertz CT molecular complexity index is 736. The van der Waals surface area contributed by atoms with Gasteiger partial charge in [-0.05, 0) is 24.0 Å². The van der Waals surface area contributed by atoms with Crippen molar-refractivity contribution in [3.63, 3.8) is 0 Å². The van der Waals surface area contributed by atoms with E-state index in [2.05, 4.69) is 4.74 Å². The molecule has 3 atom stereocenters. The maximum absolute atomic E-state index is 12.6. The first-order chi connectivity index (χ1) is 10.5. The van der Waals surface area contributed by atoms with Gasteiger partial charge in [0, 0.05) is 0 Å². The summed E-state index contributed by atoms with van der Waals surface area (Å²) < 4.78 is 9.50. The van der Waals surface area contributed by atoms with Gasteiger partial charge in [0.05, 0.1) is 18.3 Å². The number of hydrogen-bond donors (Lipinski definition) is 0. The lowest BCUT2D eigenvalue weighted by Gasteiger charge is -2.38. The van der Waals surface area contributed by atoms with Crippen LogP contribution in [0.15, 0.2) is 24.3 Å². The fourth-order valence-electron chi connectivity index (χ4n) is 4.05. The summed E-state index contributed by atoms with van der Waals surface area (Å²) in [5.74, 6) is -4.52. The molecule has 0 radical (unpaired) electrons. The molecule has 112 valence electrons. The summed E-state index contributed by atoms with van der Waals surface area (Å²) in [6.45, 7) is 0. The van der Waals surface area contributed by atoms with Crippen molar-refractivity contribution in [3.05, 3.63) is 35.4 Å².